The van der Waals surface area contributed by atoms with Gasteiger partial charge in [-0.3, -0.25) is 9.69 Å². The number of alkyl halides is 3. The molecule has 13 heteroatoms. The van der Waals surface area contributed by atoms with Gasteiger partial charge in [0.2, 0.25) is 5.95 Å². The molecule has 0 saturated carbocycles. The van der Waals surface area contributed by atoms with E-state index in [1.807, 2.05) is 19.1 Å². The smallest absolute Gasteiger partial charge is 0.383 e. The van der Waals surface area contributed by atoms with E-state index in [9.17, 15) is 18.0 Å². The number of hydrogen-bond acceptors (Lipinski definition) is 9. The largest absolute Gasteiger partial charge is 0.420 e. The van der Waals surface area contributed by atoms with Crippen LogP contribution in [0.25, 0.3) is 10.6 Å². The number of piperazine rings is 1. The highest BCUT2D eigenvalue weighted by molar-refractivity contribution is 7.99. The minimum absolute atomic E-state index is 0.0712. The first-order valence-electron chi connectivity index (χ1n) is 13.5. The predicted octanol–water partition coefficient (Wildman–Crippen LogP) is 5.48. The monoisotopic (exact) mass is 606 g/mol. The first-order chi connectivity index (χ1) is 19.7. The number of nitrogens with zero attached hydrogens (tertiary/aromatic N) is 5. The summed E-state index contributed by atoms with van der Waals surface area (Å²) in [6.45, 7) is 7.99. The summed E-state index contributed by atoms with van der Waals surface area (Å²) in [6, 6.07) is 7.72. The van der Waals surface area contributed by atoms with E-state index >= 15 is 0 Å². The molecule has 0 atom stereocenters. The number of aryl methyl sites for hydroxylation is 1. The van der Waals surface area contributed by atoms with E-state index in [1.54, 1.807) is 25.1 Å². The Hall–Kier alpha value is -2.87. The molecule has 1 amide bonds. The number of methoxy groups -OCH3 is 1. The van der Waals surface area contributed by atoms with Crippen LogP contribution >= 0.6 is 23.1 Å². The Morgan fingerprint density at radius 1 is 1.12 bits per heavy atom. The third kappa shape index (κ3) is 6.63. The number of thioether (sulfide) groups is 1. The summed E-state index contributed by atoms with van der Waals surface area (Å²) < 4.78 is 47.2. The molecule has 2 aliphatic rings. The summed E-state index contributed by atoms with van der Waals surface area (Å²) in [5, 5.41) is 3.15. The van der Waals surface area contributed by atoms with Gasteiger partial charge in [-0.2, -0.15) is 13.2 Å². The second-order valence-electron chi connectivity index (χ2n) is 9.97. The number of fused-ring (bicyclic) bond motifs is 1. The van der Waals surface area contributed by atoms with Crippen LogP contribution in [0.3, 0.4) is 0 Å². The molecule has 41 heavy (non-hydrogen) atoms. The molecule has 220 valence electrons. The Bertz CT molecular complexity index is 1390. The number of ether oxygens (including phenoxy) is 1. The van der Waals surface area contributed by atoms with E-state index in [-0.39, 0.29) is 17.5 Å². The number of halogens is 3. The van der Waals surface area contributed by atoms with Gasteiger partial charge >= 0.3 is 6.18 Å². The van der Waals surface area contributed by atoms with Gasteiger partial charge in [0.05, 0.1) is 17.2 Å². The number of nitrogens with one attached hydrogen (secondary N) is 1. The lowest BCUT2D eigenvalue weighted by atomic mass is 10.1. The number of amides is 1. The summed E-state index contributed by atoms with van der Waals surface area (Å²) in [6.07, 6.45) is -3.10. The fourth-order valence-corrected chi connectivity index (χ4v) is 7.35. The summed E-state index contributed by atoms with van der Waals surface area (Å²) in [4.78, 5) is 28.9. The van der Waals surface area contributed by atoms with Gasteiger partial charge in [0.25, 0.3) is 5.91 Å². The second kappa shape index (κ2) is 12.6. The molecule has 1 saturated heterocycles. The molecule has 3 aromatic rings. The maximum Gasteiger partial charge on any atom is 0.420 e. The van der Waals surface area contributed by atoms with Crippen molar-refractivity contribution >= 4 is 46.3 Å². The van der Waals surface area contributed by atoms with Gasteiger partial charge in [-0.1, -0.05) is 6.92 Å². The summed E-state index contributed by atoms with van der Waals surface area (Å²) in [7, 11) is 3.41. The molecule has 0 spiro atoms. The number of rotatable bonds is 8. The van der Waals surface area contributed by atoms with Crippen LogP contribution in [0.4, 0.5) is 30.5 Å². The molecule has 0 radical (unpaired) electrons. The van der Waals surface area contributed by atoms with Crippen LogP contribution in [0.15, 0.2) is 35.4 Å². The van der Waals surface area contributed by atoms with Crippen molar-refractivity contribution in [2.45, 2.75) is 24.4 Å². The highest BCUT2D eigenvalue weighted by atomic mass is 32.2. The van der Waals surface area contributed by atoms with Crippen LogP contribution in [-0.2, 0) is 17.3 Å². The van der Waals surface area contributed by atoms with Crippen molar-refractivity contribution in [2.24, 2.45) is 0 Å². The van der Waals surface area contributed by atoms with Gasteiger partial charge < -0.3 is 19.9 Å². The van der Waals surface area contributed by atoms with Gasteiger partial charge in [-0.25, -0.2) is 9.97 Å². The lowest BCUT2D eigenvalue weighted by Crippen LogP contribution is -2.47. The molecular formula is C28H33F3N6O2S2. The zero-order valence-corrected chi connectivity index (χ0v) is 24.9. The van der Waals surface area contributed by atoms with Crippen molar-refractivity contribution in [3.05, 3.63) is 46.5 Å². The molecule has 2 aromatic heterocycles. The first kappa shape index (κ1) is 29.6. The number of hydrogen-bond donors (Lipinski definition) is 1. The fourth-order valence-electron chi connectivity index (χ4n) is 4.91. The molecular weight excluding hydrogens is 573 g/mol. The summed E-state index contributed by atoms with van der Waals surface area (Å²) in [5.41, 5.74) is 1.71. The maximum atomic E-state index is 14.0. The lowest BCUT2D eigenvalue weighted by molar-refractivity contribution is -0.137. The molecule has 0 unspecified atom stereocenters. The average molecular weight is 607 g/mol. The topological polar surface area (TPSA) is 73.8 Å². The van der Waals surface area contributed by atoms with Gasteiger partial charge in [-0.05, 0) is 36.2 Å². The molecule has 0 aliphatic carbocycles. The van der Waals surface area contributed by atoms with Crippen LogP contribution in [-0.4, -0.2) is 91.5 Å². The number of aromatic nitrogens is 2. The van der Waals surface area contributed by atoms with Crippen molar-refractivity contribution in [3.8, 4) is 10.6 Å². The van der Waals surface area contributed by atoms with E-state index in [1.165, 1.54) is 11.8 Å². The van der Waals surface area contributed by atoms with Gasteiger partial charge in [-0.15, -0.1) is 23.1 Å². The Morgan fingerprint density at radius 3 is 2.61 bits per heavy atom. The van der Waals surface area contributed by atoms with Crippen molar-refractivity contribution < 1.29 is 22.7 Å². The molecule has 2 aliphatic heterocycles. The lowest BCUT2D eigenvalue weighted by Gasteiger charge is -2.36. The second-order valence-corrected chi connectivity index (χ2v) is 12.2. The quantitative estimate of drug-likeness (QED) is 0.362. The highest BCUT2D eigenvalue weighted by Crippen LogP contribution is 2.43. The highest BCUT2D eigenvalue weighted by Gasteiger charge is 2.37. The normalized spacial score (nSPS) is 16.6. The Morgan fingerprint density at radius 2 is 1.90 bits per heavy atom. The van der Waals surface area contributed by atoms with Gasteiger partial charge in [0, 0.05) is 81.6 Å². The van der Waals surface area contributed by atoms with Crippen LogP contribution in [0.5, 0.6) is 0 Å². The van der Waals surface area contributed by atoms with Crippen molar-refractivity contribution in [1.29, 1.82) is 0 Å². The third-order valence-corrected chi connectivity index (χ3v) is 9.59. The minimum atomic E-state index is -4.65. The van der Waals surface area contributed by atoms with Crippen LogP contribution in [0.2, 0.25) is 0 Å². The van der Waals surface area contributed by atoms with E-state index in [4.69, 9.17) is 4.74 Å². The van der Waals surface area contributed by atoms with Gasteiger partial charge in [0.15, 0.2) is 0 Å². The first-order valence-corrected chi connectivity index (χ1v) is 15.3. The molecule has 5 rings (SSSR count). The maximum absolute atomic E-state index is 14.0. The van der Waals surface area contributed by atoms with E-state index in [0.717, 1.165) is 80.2 Å². The van der Waals surface area contributed by atoms with Crippen LogP contribution in [0.1, 0.15) is 27.7 Å². The van der Waals surface area contributed by atoms with Crippen molar-refractivity contribution in [2.75, 3.05) is 76.0 Å². The minimum Gasteiger partial charge on any atom is -0.383 e. The fraction of sp³-hybridized carbons (Fsp3) is 0.464. The molecule has 0 bridgehead atoms. The van der Waals surface area contributed by atoms with Crippen molar-refractivity contribution in [1.82, 2.24) is 19.8 Å². The summed E-state index contributed by atoms with van der Waals surface area (Å²) in [5.74, 6) is 0.557. The van der Waals surface area contributed by atoms with Gasteiger partial charge in [0.1, 0.15) is 10.4 Å². The third-order valence-electron chi connectivity index (χ3n) is 7.32. The SMILES string of the molecule is CCc1cc(N2CCN(CCOC)CC2)ccc1Nc1ncc(C(F)(F)F)c(-c2cc3c(s2)C(=O)N(C)CCS3)n1. The van der Waals surface area contributed by atoms with E-state index < -0.39 is 11.7 Å². The van der Waals surface area contributed by atoms with Crippen LogP contribution < -0.4 is 10.2 Å². The number of benzene rings is 1. The Kier molecular flexibility index (Phi) is 9.07. The summed E-state index contributed by atoms with van der Waals surface area (Å²) >= 11 is 2.51. The number of carbonyl (C=O) groups excluding carboxylic acids is 1. The Balaban J connectivity index is 1.40. The molecule has 1 N–H and O–H groups in total. The zero-order chi connectivity index (χ0) is 29.1. The average Bonchev–Trinajstić information content (AvgIpc) is 3.34. The van der Waals surface area contributed by atoms with E-state index in [2.05, 4.69) is 31.2 Å². The predicted molar refractivity (Wildman–Crippen MR) is 158 cm³/mol. The Labute approximate surface area is 245 Å². The molecule has 8 nitrogen and oxygen atoms in total. The molecule has 4 heterocycles. The standard InChI is InChI=1S/C28H33F3N6O2S2/c1-4-18-15-19(37-9-7-36(8-10-37)11-13-39-3)5-6-21(18)33-27-32-17-20(28(29,30)31)24(34-27)22-16-23-25(41-22)26(38)35(2)12-14-40-23/h5-6,15-17H,4,7-14H2,1-3H3,(H,32,33,34). The zero-order valence-electron chi connectivity index (χ0n) is 23.3. The number of carbonyl (C=O) groups is 1. The molecule has 1 aromatic carbocycles. The molecule has 1 fully saturated rings. The number of anilines is 3. The van der Waals surface area contributed by atoms with Crippen LogP contribution in [0, 0.1) is 0 Å². The van der Waals surface area contributed by atoms with Crippen molar-refractivity contribution in [3.63, 3.8) is 0 Å². The van der Waals surface area contributed by atoms with E-state index in [0.29, 0.717) is 26.9 Å². The number of thiophene rings is 1.